The lowest BCUT2D eigenvalue weighted by molar-refractivity contribution is 0.226. The Morgan fingerprint density at radius 1 is 1.10 bits per heavy atom. The van der Waals surface area contributed by atoms with Crippen LogP contribution in [0.4, 0.5) is 5.69 Å². The number of nitrogens with two attached hydrogens (primary N) is 1. The van der Waals surface area contributed by atoms with E-state index in [9.17, 15) is 0 Å². The van der Waals surface area contributed by atoms with E-state index in [4.69, 9.17) is 5.73 Å². The van der Waals surface area contributed by atoms with E-state index < -0.39 is 0 Å². The summed E-state index contributed by atoms with van der Waals surface area (Å²) in [6, 6.07) is 6.90. The van der Waals surface area contributed by atoms with Gasteiger partial charge in [-0.05, 0) is 37.0 Å². The van der Waals surface area contributed by atoms with Crippen LogP contribution < -0.4 is 10.6 Å². The summed E-state index contributed by atoms with van der Waals surface area (Å²) in [4.78, 5) is 5.02. The molecule has 20 heavy (non-hydrogen) atoms. The highest BCUT2D eigenvalue weighted by Gasteiger charge is 2.21. The first-order chi connectivity index (χ1) is 9.49. The molecule has 1 fully saturated rings. The van der Waals surface area contributed by atoms with Crippen molar-refractivity contribution < 1.29 is 0 Å². The lowest BCUT2D eigenvalue weighted by Crippen LogP contribution is -2.51. The minimum absolute atomic E-state index is 0.294. The van der Waals surface area contributed by atoms with Gasteiger partial charge in [0.1, 0.15) is 0 Å². The highest BCUT2D eigenvalue weighted by Crippen LogP contribution is 2.23. The molecule has 1 saturated heterocycles. The summed E-state index contributed by atoms with van der Waals surface area (Å²) in [7, 11) is 0. The molecule has 1 aliphatic rings. The Morgan fingerprint density at radius 2 is 1.75 bits per heavy atom. The Kier molecular flexibility index (Phi) is 5.06. The van der Waals surface area contributed by atoms with E-state index in [0.717, 1.165) is 32.7 Å². The van der Waals surface area contributed by atoms with Crippen LogP contribution in [0.3, 0.4) is 0 Å². The summed E-state index contributed by atoms with van der Waals surface area (Å²) < 4.78 is 0. The summed E-state index contributed by atoms with van der Waals surface area (Å²) in [5, 5.41) is 0. The number of piperazine rings is 1. The van der Waals surface area contributed by atoms with Crippen molar-refractivity contribution >= 4 is 5.69 Å². The van der Waals surface area contributed by atoms with Crippen molar-refractivity contribution in [3.05, 3.63) is 29.3 Å². The van der Waals surface area contributed by atoms with Gasteiger partial charge in [0.2, 0.25) is 0 Å². The highest BCUT2D eigenvalue weighted by atomic mass is 15.3. The predicted octanol–water partition coefficient (Wildman–Crippen LogP) is 2.41. The zero-order valence-corrected chi connectivity index (χ0v) is 13.4. The normalized spacial score (nSPS) is 18.6. The molecule has 1 aromatic rings. The molecule has 0 aliphatic carbocycles. The van der Waals surface area contributed by atoms with Gasteiger partial charge in [0, 0.05) is 44.5 Å². The van der Waals surface area contributed by atoms with Gasteiger partial charge < -0.3 is 10.6 Å². The molecule has 1 heterocycles. The van der Waals surface area contributed by atoms with Gasteiger partial charge in [-0.3, -0.25) is 4.90 Å². The van der Waals surface area contributed by atoms with Crippen LogP contribution in [-0.2, 0) is 0 Å². The summed E-state index contributed by atoms with van der Waals surface area (Å²) in [6.45, 7) is 14.3. The Balaban J connectivity index is 1.93. The molecule has 0 amide bonds. The monoisotopic (exact) mass is 275 g/mol. The molecule has 2 rings (SSSR count). The molecular formula is C17H29N3. The van der Waals surface area contributed by atoms with Crippen LogP contribution in [0.1, 0.15) is 25.0 Å². The van der Waals surface area contributed by atoms with Crippen LogP contribution in [0.2, 0.25) is 0 Å². The van der Waals surface area contributed by atoms with E-state index >= 15 is 0 Å². The van der Waals surface area contributed by atoms with E-state index in [2.05, 4.69) is 55.7 Å². The lowest BCUT2D eigenvalue weighted by Gasteiger charge is -2.38. The lowest BCUT2D eigenvalue weighted by atomic mass is 10.0. The molecule has 1 aliphatic heterocycles. The summed E-state index contributed by atoms with van der Waals surface area (Å²) in [5.41, 5.74) is 10.4. The number of nitrogens with zero attached hydrogens (tertiary/aromatic N) is 2. The first-order valence-corrected chi connectivity index (χ1v) is 7.78. The minimum atomic E-state index is 0.294. The van der Waals surface area contributed by atoms with Gasteiger partial charge in [-0.2, -0.15) is 0 Å². The van der Waals surface area contributed by atoms with Crippen LogP contribution in [0.15, 0.2) is 18.2 Å². The van der Waals surface area contributed by atoms with Crippen LogP contribution in [-0.4, -0.2) is 43.7 Å². The Hall–Kier alpha value is -1.06. The third-order valence-electron chi connectivity index (χ3n) is 4.61. The SMILES string of the molecule is Cc1cccc(N2CCN(C[C@H](N)C(C)C)CC2)c1C. The van der Waals surface area contributed by atoms with Crippen LogP contribution in [0.5, 0.6) is 0 Å². The van der Waals surface area contributed by atoms with Gasteiger partial charge in [0.15, 0.2) is 0 Å². The van der Waals surface area contributed by atoms with Gasteiger partial charge in [-0.15, -0.1) is 0 Å². The predicted molar refractivity (Wildman–Crippen MR) is 87.4 cm³/mol. The van der Waals surface area contributed by atoms with Crippen molar-refractivity contribution in [2.45, 2.75) is 33.7 Å². The second-order valence-electron chi connectivity index (χ2n) is 6.41. The second kappa shape index (κ2) is 6.59. The number of aryl methyl sites for hydroxylation is 1. The van der Waals surface area contributed by atoms with Crippen molar-refractivity contribution in [2.75, 3.05) is 37.6 Å². The topological polar surface area (TPSA) is 32.5 Å². The van der Waals surface area contributed by atoms with E-state index in [0.29, 0.717) is 12.0 Å². The number of benzene rings is 1. The Bertz CT molecular complexity index is 434. The molecule has 1 aromatic carbocycles. The molecule has 0 bridgehead atoms. The zero-order chi connectivity index (χ0) is 14.7. The van der Waals surface area contributed by atoms with Gasteiger partial charge in [-0.1, -0.05) is 26.0 Å². The molecule has 1 atom stereocenters. The molecule has 0 spiro atoms. The first kappa shape index (κ1) is 15.3. The smallest absolute Gasteiger partial charge is 0.0399 e. The molecule has 0 aromatic heterocycles. The quantitative estimate of drug-likeness (QED) is 0.916. The molecule has 0 unspecified atom stereocenters. The van der Waals surface area contributed by atoms with Crippen LogP contribution in [0, 0.1) is 19.8 Å². The number of rotatable bonds is 4. The van der Waals surface area contributed by atoms with E-state index in [-0.39, 0.29) is 0 Å². The maximum atomic E-state index is 6.18. The Morgan fingerprint density at radius 3 is 2.35 bits per heavy atom. The van der Waals surface area contributed by atoms with Gasteiger partial charge in [0.25, 0.3) is 0 Å². The van der Waals surface area contributed by atoms with E-state index in [1.165, 1.54) is 16.8 Å². The average molecular weight is 275 g/mol. The molecule has 112 valence electrons. The fraction of sp³-hybridized carbons (Fsp3) is 0.647. The molecule has 0 saturated carbocycles. The van der Waals surface area contributed by atoms with Gasteiger partial charge in [-0.25, -0.2) is 0 Å². The van der Waals surface area contributed by atoms with Gasteiger partial charge in [0.05, 0.1) is 0 Å². The molecular weight excluding hydrogens is 246 g/mol. The van der Waals surface area contributed by atoms with Crippen molar-refractivity contribution in [3.63, 3.8) is 0 Å². The van der Waals surface area contributed by atoms with E-state index in [1.807, 2.05) is 0 Å². The second-order valence-corrected chi connectivity index (χ2v) is 6.41. The van der Waals surface area contributed by atoms with E-state index in [1.54, 1.807) is 0 Å². The van der Waals surface area contributed by atoms with Crippen molar-refractivity contribution in [1.29, 1.82) is 0 Å². The fourth-order valence-corrected chi connectivity index (χ4v) is 2.76. The summed E-state index contributed by atoms with van der Waals surface area (Å²) in [6.07, 6.45) is 0. The molecule has 0 radical (unpaired) electrons. The van der Waals surface area contributed by atoms with Crippen LogP contribution >= 0.6 is 0 Å². The standard InChI is InChI=1S/C17H29N3/c1-13(2)16(18)12-19-8-10-20(11-9-19)17-7-5-6-14(3)15(17)4/h5-7,13,16H,8-12,18H2,1-4H3/t16-/m0/s1. The van der Waals surface area contributed by atoms with Crippen molar-refractivity contribution in [3.8, 4) is 0 Å². The van der Waals surface area contributed by atoms with Crippen molar-refractivity contribution in [2.24, 2.45) is 11.7 Å². The average Bonchev–Trinajstić information content (AvgIpc) is 2.43. The summed E-state index contributed by atoms with van der Waals surface area (Å²) in [5.74, 6) is 0.562. The largest absolute Gasteiger partial charge is 0.369 e. The first-order valence-electron chi connectivity index (χ1n) is 7.78. The number of anilines is 1. The minimum Gasteiger partial charge on any atom is -0.369 e. The summed E-state index contributed by atoms with van der Waals surface area (Å²) >= 11 is 0. The molecule has 3 nitrogen and oxygen atoms in total. The number of hydrogen-bond donors (Lipinski definition) is 1. The zero-order valence-electron chi connectivity index (χ0n) is 13.4. The maximum absolute atomic E-state index is 6.18. The third-order valence-corrected chi connectivity index (χ3v) is 4.61. The maximum Gasteiger partial charge on any atom is 0.0399 e. The Labute approximate surface area is 123 Å². The molecule has 2 N–H and O–H groups in total. The highest BCUT2D eigenvalue weighted by molar-refractivity contribution is 5.56. The molecule has 3 heteroatoms. The fourth-order valence-electron chi connectivity index (χ4n) is 2.76. The van der Waals surface area contributed by atoms with Crippen molar-refractivity contribution in [1.82, 2.24) is 4.90 Å². The van der Waals surface area contributed by atoms with Gasteiger partial charge >= 0.3 is 0 Å². The van der Waals surface area contributed by atoms with Crippen LogP contribution in [0.25, 0.3) is 0 Å². The third kappa shape index (κ3) is 3.53. The number of hydrogen-bond acceptors (Lipinski definition) is 3.